The molecule has 6 rings (SSSR count). The summed E-state index contributed by atoms with van der Waals surface area (Å²) in [6.45, 7) is 8.60. The molecule has 0 aliphatic carbocycles. The van der Waals surface area contributed by atoms with Gasteiger partial charge in [-0.05, 0) is 57.3 Å². The molecule has 10 heteroatoms. The number of hydrogen-bond acceptors (Lipinski definition) is 8. The van der Waals surface area contributed by atoms with Crippen molar-refractivity contribution in [2.24, 2.45) is 0 Å². The molecule has 0 saturated carbocycles. The first-order valence-corrected chi connectivity index (χ1v) is 14.5. The average Bonchev–Trinajstić information content (AvgIpc) is 3.40. The van der Waals surface area contributed by atoms with Crippen LogP contribution in [-0.4, -0.2) is 57.6 Å². The molecule has 1 N–H and O–H groups in total. The Balaban J connectivity index is 1.28. The molecule has 1 saturated heterocycles. The van der Waals surface area contributed by atoms with E-state index < -0.39 is 0 Å². The first-order chi connectivity index (χ1) is 19.4. The third kappa shape index (κ3) is 5.20. The largest absolute Gasteiger partial charge is 0.369 e. The molecule has 0 atom stereocenters. The monoisotopic (exact) mass is 571 g/mol. The maximum absolute atomic E-state index is 13.6. The summed E-state index contributed by atoms with van der Waals surface area (Å²) in [5.74, 6) is 0.440. The molecule has 1 aliphatic heterocycles. The number of nitrogens with one attached hydrogen (secondary N) is 1. The molecular formula is C30H30ClN7OS. The highest BCUT2D eigenvalue weighted by Gasteiger charge is 2.17. The van der Waals surface area contributed by atoms with E-state index in [1.165, 1.54) is 5.69 Å². The van der Waals surface area contributed by atoms with Gasteiger partial charge < -0.3 is 15.1 Å². The van der Waals surface area contributed by atoms with Gasteiger partial charge in [-0.1, -0.05) is 23.7 Å². The molecule has 1 aliphatic rings. The van der Waals surface area contributed by atoms with E-state index in [-0.39, 0.29) is 5.56 Å². The molecule has 4 heterocycles. The number of hydrogen-bond donors (Lipinski definition) is 1. The van der Waals surface area contributed by atoms with E-state index in [1.807, 2.05) is 56.4 Å². The van der Waals surface area contributed by atoms with Crippen LogP contribution in [0.5, 0.6) is 0 Å². The zero-order valence-electron chi connectivity index (χ0n) is 22.7. The maximum atomic E-state index is 13.6. The number of nitrogens with zero attached hydrogens (tertiary/aromatic N) is 6. The predicted octanol–water partition coefficient (Wildman–Crippen LogP) is 6.06. The van der Waals surface area contributed by atoms with E-state index in [2.05, 4.69) is 44.3 Å². The third-order valence-electron chi connectivity index (χ3n) is 7.26. The topological polar surface area (TPSA) is 79.2 Å². The van der Waals surface area contributed by atoms with Crippen LogP contribution in [0.15, 0.2) is 65.7 Å². The second-order valence-corrected chi connectivity index (χ2v) is 11.7. The van der Waals surface area contributed by atoms with Gasteiger partial charge in [-0.25, -0.2) is 9.97 Å². The first-order valence-electron chi connectivity index (χ1n) is 13.3. The Bertz CT molecular complexity index is 1740. The number of pyridine rings is 1. The molecule has 0 unspecified atom stereocenters. The van der Waals surface area contributed by atoms with E-state index in [9.17, 15) is 4.79 Å². The number of benzene rings is 2. The molecule has 40 heavy (non-hydrogen) atoms. The Morgan fingerprint density at radius 3 is 2.42 bits per heavy atom. The number of piperazine rings is 1. The molecule has 0 spiro atoms. The molecule has 0 radical (unpaired) electrons. The van der Waals surface area contributed by atoms with Crippen molar-refractivity contribution in [1.82, 2.24) is 24.4 Å². The fraction of sp³-hybridized carbons (Fsp3) is 0.267. The minimum absolute atomic E-state index is 0.143. The smallest absolute Gasteiger partial charge is 0.260 e. The normalized spacial score (nSPS) is 14.2. The number of aryl methyl sites for hydroxylation is 2. The molecular weight excluding hydrogens is 542 g/mol. The number of thiazole rings is 1. The number of aromatic nitrogens is 4. The molecule has 1 fully saturated rings. The van der Waals surface area contributed by atoms with Gasteiger partial charge in [0.2, 0.25) is 5.95 Å². The van der Waals surface area contributed by atoms with Gasteiger partial charge in [0.25, 0.3) is 5.56 Å². The van der Waals surface area contributed by atoms with Crippen LogP contribution in [0, 0.1) is 6.92 Å². The zero-order chi connectivity index (χ0) is 27.8. The summed E-state index contributed by atoms with van der Waals surface area (Å²) in [6, 6.07) is 15.9. The van der Waals surface area contributed by atoms with E-state index in [4.69, 9.17) is 16.6 Å². The highest BCUT2D eigenvalue weighted by molar-refractivity contribution is 7.14. The summed E-state index contributed by atoms with van der Waals surface area (Å²) in [5.41, 5.74) is 4.66. The highest BCUT2D eigenvalue weighted by Crippen LogP contribution is 2.33. The van der Waals surface area contributed by atoms with E-state index >= 15 is 0 Å². The summed E-state index contributed by atoms with van der Waals surface area (Å²) in [5, 5.41) is 5.46. The Morgan fingerprint density at radius 1 is 0.975 bits per heavy atom. The van der Waals surface area contributed by atoms with Gasteiger partial charge in [0.15, 0.2) is 0 Å². The van der Waals surface area contributed by atoms with E-state index in [1.54, 1.807) is 22.1 Å². The molecule has 8 nitrogen and oxygen atoms in total. The van der Waals surface area contributed by atoms with E-state index in [0.717, 1.165) is 52.7 Å². The third-order valence-corrected chi connectivity index (χ3v) is 8.54. The van der Waals surface area contributed by atoms with Gasteiger partial charge in [-0.15, -0.1) is 11.3 Å². The van der Waals surface area contributed by atoms with Crippen molar-refractivity contribution in [2.45, 2.75) is 20.4 Å². The Hall–Kier alpha value is -3.79. The van der Waals surface area contributed by atoms with Gasteiger partial charge >= 0.3 is 0 Å². The lowest BCUT2D eigenvalue weighted by molar-refractivity contribution is 0.313. The van der Waals surface area contributed by atoms with Gasteiger partial charge in [0.1, 0.15) is 10.7 Å². The lowest BCUT2D eigenvalue weighted by atomic mass is 10.0. The van der Waals surface area contributed by atoms with Crippen molar-refractivity contribution >= 4 is 51.3 Å². The van der Waals surface area contributed by atoms with Crippen LogP contribution in [0.3, 0.4) is 0 Å². The summed E-state index contributed by atoms with van der Waals surface area (Å²) < 4.78 is 1.67. The minimum Gasteiger partial charge on any atom is -0.369 e. The summed E-state index contributed by atoms with van der Waals surface area (Å²) in [7, 11) is 2.16. The van der Waals surface area contributed by atoms with Crippen molar-refractivity contribution < 1.29 is 0 Å². The molecule has 204 valence electrons. The number of rotatable bonds is 6. The van der Waals surface area contributed by atoms with Crippen molar-refractivity contribution in [3.8, 4) is 21.7 Å². The fourth-order valence-electron chi connectivity index (χ4n) is 5.01. The SMILES string of the molecule is CCn1c(=O)c(-c2ccc(-c3ncc(C)s3)cc2Cl)cc2cnc(Nc3ccc(N4CCN(C)CC4)cc3)nc21. The summed E-state index contributed by atoms with van der Waals surface area (Å²) in [6.07, 6.45) is 3.59. The standard InChI is InChI=1S/C30H30ClN7OS/c1-4-38-27-21(15-25(29(38)39)24-10-5-20(16-26(24)31)28-32-17-19(2)40-28)18-33-30(35-27)34-22-6-8-23(9-7-22)37-13-11-36(3)12-14-37/h5-10,15-18H,4,11-14H2,1-3H3,(H,33,34,35). The lowest BCUT2D eigenvalue weighted by Gasteiger charge is -2.34. The number of anilines is 3. The van der Waals surface area contributed by atoms with Gasteiger partial charge in [-0.2, -0.15) is 4.98 Å². The number of fused-ring (bicyclic) bond motifs is 1. The maximum Gasteiger partial charge on any atom is 0.260 e. The Morgan fingerprint density at radius 2 is 1.75 bits per heavy atom. The first kappa shape index (κ1) is 26.4. The van der Waals surface area contributed by atoms with Crippen molar-refractivity contribution in [1.29, 1.82) is 0 Å². The molecule has 0 amide bonds. The van der Waals surface area contributed by atoms with Crippen LogP contribution in [0.1, 0.15) is 11.8 Å². The number of halogens is 1. The number of likely N-dealkylation sites (N-methyl/N-ethyl adjacent to an activating group) is 1. The second-order valence-electron chi connectivity index (χ2n) is 10.0. The van der Waals surface area contributed by atoms with E-state index in [0.29, 0.717) is 34.3 Å². The quantitative estimate of drug-likeness (QED) is 0.265. The lowest BCUT2D eigenvalue weighted by Crippen LogP contribution is -2.44. The van der Waals surface area contributed by atoms with Crippen molar-refractivity contribution in [3.05, 3.63) is 81.2 Å². The van der Waals surface area contributed by atoms with Gasteiger partial charge in [0.05, 0.1) is 0 Å². The molecule has 3 aromatic heterocycles. The Kier molecular flexibility index (Phi) is 7.27. The summed E-state index contributed by atoms with van der Waals surface area (Å²) in [4.78, 5) is 33.2. The average molecular weight is 572 g/mol. The van der Waals surface area contributed by atoms with Crippen LogP contribution in [0.4, 0.5) is 17.3 Å². The minimum atomic E-state index is -0.143. The van der Waals surface area contributed by atoms with Crippen LogP contribution in [-0.2, 0) is 6.54 Å². The van der Waals surface area contributed by atoms with Gasteiger partial charge in [0, 0.05) is 88.5 Å². The molecule has 5 aromatic rings. The highest BCUT2D eigenvalue weighted by atomic mass is 35.5. The van der Waals surface area contributed by atoms with Crippen molar-refractivity contribution in [3.63, 3.8) is 0 Å². The van der Waals surface area contributed by atoms with Crippen LogP contribution < -0.4 is 15.8 Å². The molecule has 0 bridgehead atoms. The van der Waals surface area contributed by atoms with Crippen LogP contribution in [0.25, 0.3) is 32.7 Å². The van der Waals surface area contributed by atoms with Gasteiger partial charge in [-0.3, -0.25) is 9.36 Å². The fourth-order valence-corrected chi connectivity index (χ4v) is 6.05. The van der Waals surface area contributed by atoms with Crippen LogP contribution >= 0.6 is 22.9 Å². The zero-order valence-corrected chi connectivity index (χ0v) is 24.3. The molecule has 2 aromatic carbocycles. The predicted molar refractivity (Wildman–Crippen MR) is 165 cm³/mol. The van der Waals surface area contributed by atoms with Crippen molar-refractivity contribution in [2.75, 3.05) is 43.4 Å². The van der Waals surface area contributed by atoms with Crippen LogP contribution in [0.2, 0.25) is 5.02 Å². The Labute approximate surface area is 241 Å². The summed E-state index contributed by atoms with van der Waals surface area (Å²) >= 11 is 8.31. The second kappa shape index (κ2) is 11.0.